The second-order valence-corrected chi connectivity index (χ2v) is 4.21. The van der Waals surface area contributed by atoms with Crippen molar-refractivity contribution in [1.29, 1.82) is 0 Å². The number of carbonyl (C=O) groups excluding carboxylic acids is 1. The molecule has 2 rings (SSSR count). The Bertz CT molecular complexity index is 389. The molecule has 0 aliphatic carbocycles. The zero-order valence-electron chi connectivity index (χ0n) is 10.3. The predicted octanol–water partition coefficient (Wildman–Crippen LogP) is 0.710. The Morgan fingerprint density at radius 3 is 3.12 bits per heavy atom. The number of ether oxygens (including phenoxy) is 1. The highest BCUT2D eigenvalue weighted by molar-refractivity contribution is 5.95. The van der Waals surface area contributed by atoms with Crippen molar-refractivity contribution in [2.24, 2.45) is 5.92 Å². The van der Waals surface area contributed by atoms with Crippen molar-refractivity contribution in [3.8, 4) is 0 Å². The molecule has 17 heavy (non-hydrogen) atoms. The van der Waals surface area contributed by atoms with Crippen molar-refractivity contribution in [2.75, 3.05) is 19.8 Å². The fourth-order valence-corrected chi connectivity index (χ4v) is 2.23. The molecule has 0 saturated carbocycles. The highest BCUT2D eigenvalue weighted by Gasteiger charge is 2.35. The van der Waals surface area contributed by atoms with Gasteiger partial charge < -0.3 is 14.6 Å². The summed E-state index contributed by atoms with van der Waals surface area (Å²) in [5.74, 6) is 0.522. The maximum absolute atomic E-state index is 12.4. The van der Waals surface area contributed by atoms with Gasteiger partial charge in [0.1, 0.15) is 0 Å². The van der Waals surface area contributed by atoms with Gasteiger partial charge in [0.25, 0.3) is 0 Å². The fraction of sp³-hybridized carbons (Fsp3) is 0.667. The van der Waals surface area contributed by atoms with Gasteiger partial charge in [0.15, 0.2) is 5.82 Å². The third kappa shape index (κ3) is 2.40. The van der Waals surface area contributed by atoms with Crippen molar-refractivity contribution < 1.29 is 9.53 Å². The Hall–Kier alpha value is -1.20. The number of aryl methyl sites for hydroxylation is 1. The zero-order valence-corrected chi connectivity index (χ0v) is 10.3. The molecular weight excluding hydrogens is 218 g/mol. The van der Waals surface area contributed by atoms with Crippen LogP contribution in [-0.2, 0) is 11.3 Å². The molecule has 2 atom stereocenters. The lowest BCUT2D eigenvalue weighted by molar-refractivity contribution is 0.0876. The van der Waals surface area contributed by atoms with E-state index in [-0.39, 0.29) is 17.7 Å². The van der Waals surface area contributed by atoms with E-state index in [2.05, 4.69) is 10.3 Å². The summed E-state index contributed by atoms with van der Waals surface area (Å²) in [5, 5.41) is 3.29. The minimum atomic E-state index is -0.109. The lowest BCUT2D eigenvalue weighted by Crippen LogP contribution is -2.39. The average molecular weight is 237 g/mol. The van der Waals surface area contributed by atoms with Gasteiger partial charge in [-0.05, 0) is 13.5 Å². The number of likely N-dealkylation sites (N-methyl/N-ethyl adjacent to an activating group) is 1. The summed E-state index contributed by atoms with van der Waals surface area (Å²) in [5.41, 5.74) is 0. The first-order valence-electron chi connectivity index (χ1n) is 6.14. The van der Waals surface area contributed by atoms with Crippen LogP contribution in [0.25, 0.3) is 0 Å². The maximum Gasteiger partial charge on any atom is 0.205 e. The van der Waals surface area contributed by atoms with Gasteiger partial charge in [-0.25, -0.2) is 4.98 Å². The molecule has 1 aromatic rings. The number of nitrogens with one attached hydrogen (secondary N) is 1. The van der Waals surface area contributed by atoms with E-state index in [0.29, 0.717) is 19.0 Å². The Morgan fingerprint density at radius 1 is 1.59 bits per heavy atom. The van der Waals surface area contributed by atoms with Crippen LogP contribution in [0.5, 0.6) is 0 Å². The molecular formula is C12H19N3O2. The molecule has 1 aliphatic heterocycles. The van der Waals surface area contributed by atoms with Crippen LogP contribution in [0.1, 0.15) is 24.5 Å². The van der Waals surface area contributed by atoms with Crippen LogP contribution in [0.2, 0.25) is 0 Å². The van der Waals surface area contributed by atoms with Crippen molar-refractivity contribution >= 4 is 5.78 Å². The number of hydrogen-bond acceptors (Lipinski definition) is 4. The molecule has 1 saturated heterocycles. The van der Waals surface area contributed by atoms with E-state index in [1.165, 1.54) is 0 Å². The van der Waals surface area contributed by atoms with E-state index in [9.17, 15) is 4.79 Å². The standard InChI is InChI=1S/C12H19N3O2/c1-3-13-10-8-17-7-9(10)11(16)12-14-5-6-15(12)4-2/h5-6,9-10,13H,3-4,7-8H2,1-2H3. The first kappa shape index (κ1) is 12.3. The minimum absolute atomic E-state index is 0.0836. The highest BCUT2D eigenvalue weighted by Crippen LogP contribution is 2.18. The van der Waals surface area contributed by atoms with Crippen LogP contribution in [0.15, 0.2) is 12.4 Å². The van der Waals surface area contributed by atoms with E-state index in [1.807, 2.05) is 24.6 Å². The first-order chi connectivity index (χ1) is 8.27. The van der Waals surface area contributed by atoms with Crippen LogP contribution in [0, 0.1) is 5.92 Å². The quantitative estimate of drug-likeness (QED) is 0.766. The van der Waals surface area contributed by atoms with Crippen molar-refractivity contribution in [3.05, 3.63) is 18.2 Å². The van der Waals surface area contributed by atoms with Gasteiger partial charge in [-0.1, -0.05) is 6.92 Å². The predicted molar refractivity (Wildman–Crippen MR) is 64.0 cm³/mol. The van der Waals surface area contributed by atoms with Crippen LogP contribution >= 0.6 is 0 Å². The topological polar surface area (TPSA) is 56.1 Å². The molecule has 2 heterocycles. The maximum atomic E-state index is 12.4. The van der Waals surface area contributed by atoms with Crippen molar-refractivity contribution in [2.45, 2.75) is 26.4 Å². The van der Waals surface area contributed by atoms with Crippen LogP contribution in [0.3, 0.4) is 0 Å². The lowest BCUT2D eigenvalue weighted by Gasteiger charge is -2.17. The highest BCUT2D eigenvalue weighted by atomic mass is 16.5. The molecule has 0 amide bonds. The zero-order chi connectivity index (χ0) is 12.3. The van der Waals surface area contributed by atoms with E-state index in [1.54, 1.807) is 6.20 Å². The van der Waals surface area contributed by atoms with Gasteiger partial charge >= 0.3 is 0 Å². The summed E-state index contributed by atoms with van der Waals surface area (Å²) < 4.78 is 7.27. The number of hydrogen-bond donors (Lipinski definition) is 1. The Balaban J connectivity index is 2.14. The third-order valence-electron chi connectivity index (χ3n) is 3.16. The van der Waals surface area contributed by atoms with Crippen molar-refractivity contribution in [1.82, 2.24) is 14.9 Å². The summed E-state index contributed by atoms with van der Waals surface area (Å²) in [4.78, 5) is 16.5. The van der Waals surface area contributed by atoms with Crippen LogP contribution in [0.4, 0.5) is 0 Å². The molecule has 0 radical (unpaired) electrons. The second kappa shape index (κ2) is 5.42. The van der Waals surface area contributed by atoms with E-state index in [4.69, 9.17) is 4.74 Å². The van der Waals surface area contributed by atoms with Crippen molar-refractivity contribution in [3.63, 3.8) is 0 Å². The number of Topliss-reactive ketones (excluding diaryl/α,β-unsaturated/α-hetero) is 1. The summed E-state index contributed by atoms with van der Waals surface area (Å²) in [6, 6.07) is 0.120. The Morgan fingerprint density at radius 2 is 2.41 bits per heavy atom. The summed E-state index contributed by atoms with van der Waals surface area (Å²) in [7, 11) is 0. The molecule has 5 nitrogen and oxygen atoms in total. The number of rotatable bonds is 5. The minimum Gasteiger partial charge on any atom is -0.379 e. The van der Waals surface area contributed by atoms with Gasteiger partial charge in [0.05, 0.1) is 19.1 Å². The second-order valence-electron chi connectivity index (χ2n) is 4.21. The lowest BCUT2D eigenvalue weighted by atomic mass is 9.98. The van der Waals surface area contributed by atoms with Gasteiger partial charge in [-0.15, -0.1) is 0 Å². The number of aromatic nitrogens is 2. The normalized spacial score (nSPS) is 24.1. The molecule has 1 N–H and O–H groups in total. The largest absolute Gasteiger partial charge is 0.379 e. The Kier molecular flexibility index (Phi) is 3.91. The molecule has 1 aromatic heterocycles. The number of imidazole rings is 1. The smallest absolute Gasteiger partial charge is 0.205 e. The number of carbonyl (C=O) groups is 1. The monoisotopic (exact) mass is 237 g/mol. The number of nitrogens with zero attached hydrogens (tertiary/aromatic N) is 2. The molecule has 2 unspecified atom stereocenters. The van der Waals surface area contributed by atoms with E-state index < -0.39 is 0 Å². The van der Waals surface area contributed by atoms with Crippen LogP contribution in [-0.4, -0.2) is 41.1 Å². The molecule has 0 bridgehead atoms. The third-order valence-corrected chi connectivity index (χ3v) is 3.16. The average Bonchev–Trinajstić information content (AvgIpc) is 2.96. The summed E-state index contributed by atoms with van der Waals surface area (Å²) in [6.07, 6.45) is 3.51. The van der Waals surface area contributed by atoms with Gasteiger partial charge in [0, 0.05) is 25.0 Å². The van der Waals surface area contributed by atoms with Gasteiger partial charge in [-0.2, -0.15) is 0 Å². The van der Waals surface area contributed by atoms with Gasteiger partial charge in [-0.3, -0.25) is 4.79 Å². The first-order valence-corrected chi connectivity index (χ1v) is 6.14. The molecule has 0 spiro atoms. The molecule has 1 fully saturated rings. The number of ketones is 1. The summed E-state index contributed by atoms with van der Waals surface area (Å²) in [6.45, 7) is 6.75. The molecule has 0 aromatic carbocycles. The van der Waals surface area contributed by atoms with Crippen LogP contribution < -0.4 is 5.32 Å². The van der Waals surface area contributed by atoms with Gasteiger partial charge in [0.2, 0.25) is 5.78 Å². The molecule has 5 heteroatoms. The fourth-order valence-electron chi connectivity index (χ4n) is 2.23. The Labute approximate surface area is 101 Å². The molecule has 94 valence electrons. The SMILES string of the molecule is CCNC1COCC1C(=O)c1nccn1CC. The van der Waals surface area contributed by atoms with E-state index in [0.717, 1.165) is 13.1 Å². The molecule has 1 aliphatic rings. The summed E-state index contributed by atoms with van der Waals surface area (Å²) >= 11 is 0. The van der Waals surface area contributed by atoms with E-state index >= 15 is 0 Å².